The van der Waals surface area contributed by atoms with Crippen molar-refractivity contribution in [3.05, 3.63) is 29.8 Å². The second-order valence-corrected chi connectivity index (χ2v) is 4.37. The van der Waals surface area contributed by atoms with Gasteiger partial charge in [-0.25, -0.2) is 0 Å². The Hall–Kier alpha value is -0.510. The van der Waals surface area contributed by atoms with Gasteiger partial charge in [-0.15, -0.1) is 11.8 Å². The zero-order valence-electron chi connectivity index (χ0n) is 8.42. The summed E-state index contributed by atoms with van der Waals surface area (Å²) in [4.78, 5) is 1.34. The van der Waals surface area contributed by atoms with Crippen LogP contribution in [0.3, 0.4) is 0 Å². The van der Waals surface area contributed by atoms with Crippen LogP contribution in [0.2, 0.25) is 0 Å². The molecule has 0 radical (unpaired) electrons. The zero-order chi connectivity index (χ0) is 9.80. The van der Waals surface area contributed by atoms with E-state index in [1.807, 2.05) is 0 Å². The highest BCUT2D eigenvalue weighted by Gasteiger charge is 2.13. The monoisotopic (exact) mass is 208 g/mol. The smallest absolute Gasteiger partial charge is 0.0447 e. The predicted octanol–water partition coefficient (Wildman–Crippen LogP) is 1.64. The Bertz CT molecular complexity index is 295. The first-order valence-electron chi connectivity index (χ1n) is 4.98. The first-order chi connectivity index (χ1) is 6.90. The number of piperazine rings is 1. The Kier molecular flexibility index (Phi) is 3.45. The minimum atomic E-state index is 0.482. The number of hydrogen-bond donors (Lipinski definition) is 2. The highest BCUT2D eigenvalue weighted by Crippen LogP contribution is 2.20. The van der Waals surface area contributed by atoms with Crippen LogP contribution in [0.4, 0.5) is 0 Å². The molecule has 1 aliphatic rings. The van der Waals surface area contributed by atoms with E-state index in [0.717, 1.165) is 19.6 Å². The topological polar surface area (TPSA) is 24.1 Å². The lowest BCUT2D eigenvalue weighted by molar-refractivity contribution is 0.430. The van der Waals surface area contributed by atoms with E-state index in [4.69, 9.17) is 0 Å². The minimum Gasteiger partial charge on any atom is -0.314 e. The maximum atomic E-state index is 3.51. The summed E-state index contributed by atoms with van der Waals surface area (Å²) >= 11 is 1.80. The molecule has 0 aliphatic carbocycles. The third-order valence-electron chi connectivity index (χ3n) is 2.54. The lowest BCUT2D eigenvalue weighted by Gasteiger charge is -2.25. The molecule has 0 amide bonds. The van der Waals surface area contributed by atoms with Gasteiger partial charge in [0.1, 0.15) is 0 Å². The van der Waals surface area contributed by atoms with Crippen LogP contribution in [0.15, 0.2) is 29.2 Å². The standard InChI is InChI=1S/C11H16N2S/c1-14-10-4-2-3-9(7-10)11-8-12-5-6-13-11/h2-4,7,11-13H,5-6,8H2,1H3/t11-/m0/s1. The van der Waals surface area contributed by atoms with E-state index in [1.54, 1.807) is 11.8 Å². The van der Waals surface area contributed by atoms with E-state index in [1.165, 1.54) is 10.5 Å². The first-order valence-corrected chi connectivity index (χ1v) is 6.20. The van der Waals surface area contributed by atoms with Crippen molar-refractivity contribution in [3.8, 4) is 0 Å². The molecule has 14 heavy (non-hydrogen) atoms. The van der Waals surface area contributed by atoms with Crippen molar-refractivity contribution in [1.82, 2.24) is 10.6 Å². The number of hydrogen-bond acceptors (Lipinski definition) is 3. The second-order valence-electron chi connectivity index (χ2n) is 3.49. The fourth-order valence-corrected chi connectivity index (χ4v) is 2.22. The van der Waals surface area contributed by atoms with Crippen molar-refractivity contribution in [3.63, 3.8) is 0 Å². The Balaban J connectivity index is 2.13. The van der Waals surface area contributed by atoms with Crippen LogP contribution >= 0.6 is 11.8 Å². The van der Waals surface area contributed by atoms with Crippen molar-refractivity contribution in [1.29, 1.82) is 0 Å². The van der Waals surface area contributed by atoms with Crippen molar-refractivity contribution >= 4 is 11.8 Å². The molecule has 1 saturated heterocycles. The molecule has 0 spiro atoms. The average Bonchev–Trinajstić information content (AvgIpc) is 2.30. The number of benzene rings is 1. The van der Waals surface area contributed by atoms with Crippen LogP contribution in [-0.2, 0) is 0 Å². The molecule has 2 nitrogen and oxygen atoms in total. The van der Waals surface area contributed by atoms with E-state index in [9.17, 15) is 0 Å². The van der Waals surface area contributed by atoms with E-state index in [0.29, 0.717) is 6.04 Å². The molecule has 0 saturated carbocycles. The van der Waals surface area contributed by atoms with Crippen LogP contribution in [0.1, 0.15) is 11.6 Å². The van der Waals surface area contributed by atoms with Gasteiger partial charge < -0.3 is 10.6 Å². The quantitative estimate of drug-likeness (QED) is 0.723. The summed E-state index contributed by atoms with van der Waals surface area (Å²) < 4.78 is 0. The summed E-state index contributed by atoms with van der Waals surface area (Å²) in [6, 6.07) is 9.25. The summed E-state index contributed by atoms with van der Waals surface area (Å²) in [5.74, 6) is 0. The SMILES string of the molecule is CSc1cccc([C@@H]2CNCCN2)c1. The van der Waals surface area contributed by atoms with E-state index < -0.39 is 0 Å². The molecule has 0 unspecified atom stereocenters. The Morgan fingerprint density at radius 2 is 2.29 bits per heavy atom. The van der Waals surface area contributed by atoms with Gasteiger partial charge in [0.25, 0.3) is 0 Å². The number of thioether (sulfide) groups is 1. The van der Waals surface area contributed by atoms with Crippen LogP contribution in [0, 0.1) is 0 Å². The Morgan fingerprint density at radius 1 is 1.36 bits per heavy atom. The fraction of sp³-hybridized carbons (Fsp3) is 0.455. The summed E-state index contributed by atoms with van der Waals surface area (Å²) in [6.07, 6.45) is 2.12. The van der Waals surface area contributed by atoms with E-state index >= 15 is 0 Å². The molecule has 3 heteroatoms. The van der Waals surface area contributed by atoms with Crippen molar-refractivity contribution in [2.75, 3.05) is 25.9 Å². The maximum absolute atomic E-state index is 3.51. The summed E-state index contributed by atoms with van der Waals surface area (Å²) in [5.41, 5.74) is 1.39. The Morgan fingerprint density at radius 3 is 3.00 bits per heavy atom. The predicted molar refractivity (Wildman–Crippen MR) is 61.8 cm³/mol. The van der Waals surface area contributed by atoms with Crippen LogP contribution in [-0.4, -0.2) is 25.9 Å². The summed E-state index contributed by atoms with van der Waals surface area (Å²) in [7, 11) is 0. The maximum Gasteiger partial charge on any atom is 0.0447 e. The lowest BCUT2D eigenvalue weighted by atomic mass is 10.1. The third-order valence-corrected chi connectivity index (χ3v) is 3.26. The van der Waals surface area contributed by atoms with Gasteiger partial charge in [-0.1, -0.05) is 12.1 Å². The highest BCUT2D eigenvalue weighted by molar-refractivity contribution is 7.98. The van der Waals surface area contributed by atoms with Crippen molar-refractivity contribution in [2.45, 2.75) is 10.9 Å². The molecular weight excluding hydrogens is 192 g/mol. The third kappa shape index (κ3) is 2.29. The molecule has 1 atom stereocenters. The highest BCUT2D eigenvalue weighted by atomic mass is 32.2. The molecule has 2 rings (SSSR count). The summed E-state index contributed by atoms with van der Waals surface area (Å²) in [5, 5.41) is 6.92. The van der Waals surface area contributed by atoms with Crippen LogP contribution in [0.5, 0.6) is 0 Å². The molecule has 1 aromatic rings. The molecule has 1 fully saturated rings. The molecule has 76 valence electrons. The lowest BCUT2D eigenvalue weighted by Crippen LogP contribution is -2.42. The van der Waals surface area contributed by atoms with Gasteiger partial charge in [0, 0.05) is 30.6 Å². The number of rotatable bonds is 2. The van der Waals surface area contributed by atoms with Crippen molar-refractivity contribution in [2.24, 2.45) is 0 Å². The minimum absolute atomic E-state index is 0.482. The molecule has 0 aromatic heterocycles. The molecule has 1 heterocycles. The normalized spacial score (nSPS) is 22.2. The molecule has 1 aromatic carbocycles. The van der Waals surface area contributed by atoms with Gasteiger partial charge in [-0.3, -0.25) is 0 Å². The molecule has 0 bridgehead atoms. The zero-order valence-corrected chi connectivity index (χ0v) is 9.23. The van der Waals surface area contributed by atoms with Crippen LogP contribution < -0.4 is 10.6 Å². The van der Waals surface area contributed by atoms with E-state index in [-0.39, 0.29) is 0 Å². The fourth-order valence-electron chi connectivity index (χ4n) is 1.75. The molecule has 1 aliphatic heterocycles. The number of nitrogens with one attached hydrogen (secondary N) is 2. The van der Waals surface area contributed by atoms with Gasteiger partial charge in [-0.2, -0.15) is 0 Å². The van der Waals surface area contributed by atoms with Gasteiger partial charge in [0.05, 0.1) is 0 Å². The largest absolute Gasteiger partial charge is 0.314 e. The van der Waals surface area contributed by atoms with Crippen molar-refractivity contribution < 1.29 is 0 Å². The van der Waals surface area contributed by atoms with Gasteiger partial charge in [0.2, 0.25) is 0 Å². The van der Waals surface area contributed by atoms with Gasteiger partial charge >= 0.3 is 0 Å². The molecule has 2 N–H and O–H groups in total. The van der Waals surface area contributed by atoms with Crippen LogP contribution in [0.25, 0.3) is 0 Å². The van der Waals surface area contributed by atoms with Gasteiger partial charge in [-0.05, 0) is 24.0 Å². The van der Waals surface area contributed by atoms with E-state index in [2.05, 4.69) is 41.2 Å². The molecular formula is C11H16N2S. The second kappa shape index (κ2) is 4.82. The Labute approximate surface area is 89.5 Å². The van der Waals surface area contributed by atoms with Gasteiger partial charge in [0.15, 0.2) is 0 Å². The summed E-state index contributed by atoms with van der Waals surface area (Å²) in [6.45, 7) is 3.19. The average molecular weight is 208 g/mol. The first kappa shape index (κ1) is 10.0.